The van der Waals surface area contributed by atoms with E-state index in [4.69, 9.17) is 11.6 Å². The van der Waals surface area contributed by atoms with Crippen LogP contribution in [0, 0.1) is 0 Å². The van der Waals surface area contributed by atoms with Gasteiger partial charge < -0.3 is 9.80 Å². The van der Waals surface area contributed by atoms with Crippen molar-refractivity contribution in [1.29, 1.82) is 0 Å². The third-order valence-electron chi connectivity index (χ3n) is 7.43. The van der Waals surface area contributed by atoms with Crippen molar-refractivity contribution in [2.45, 2.75) is 75.5 Å². The second kappa shape index (κ2) is 12.5. The molecule has 0 aromatic heterocycles. The molecule has 0 spiro atoms. The van der Waals surface area contributed by atoms with E-state index >= 15 is 0 Å². The molecule has 33 heavy (non-hydrogen) atoms. The minimum Gasteiger partial charge on any atom is -0.377 e. The van der Waals surface area contributed by atoms with Crippen molar-refractivity contribution in [3.8, 4) is 11.1 Å². The van der Waals surface area contributed by atoms with E-state index in [2.05, 4.69) is 74.4 Å². The number of benzene rings is 2. The zero-order valence-corrected chi connectivity index (χ0v) is 24.5. The molecule has 2 aliphatic rings. The summed E-state index contributed by atoms with van der Waals surface area (Å²) in [6.07, 6.45) is 14.0. The van der Waals surface area contributed by atoms with Gasteiger partial charge in [0.05, 0.1) is 0 Å². The fourth-order valence-electron chi connectivity index (χ4n) is 5.91. The summed E-state index contributed by atoms with van der Waals surface area (Å²) in [4.78, 5) is 4.52. The normalized spacial score (nSPS) is 17.6. The monoisotopic (exact) mass is 667 g/mol. The molecule has 4 rings (SSSR count). The number of hydrogen-bond donors (Lipinski definition) is 0. The number of anilines is 2. The van der Waals surface area contributed by atoms with Gasteiger partial charge in [-0.1, -0.05) is 76.2 Å². The van der Waals surface area contributed by atoms with E-state index in [1.165, 1.54) is 92.0 Å². The Balaban J connectivity index is 0.00000306. The molecule has 0 radical (unpaired) electrons. The van der Waals surface area contributed by atoms with Gasteiger partial charge in [0, 0.05) is 55.5 Å². The molecule has 0 atom stereocenters. The third-order valence-corrected chi connectivity index (χ3v) is 11.5. The zero-order valence-electron chi connectivity index (χ0n) is 20.7. The van der Waals surface area contributed by atoms with Gasteiger partial charge in [-0.3, -0.25) is 0 Å². The van der Waals surface area contributed by atoms with Gasteiger partial charge in [0.2, 0.25) is 0 Å². The Bertz CT molecular complexity index is 861. The first-order valence-corrected chi connectivity index (χ1v) is 14.4. The zero-order chi connectivity index (χ0) is 22.7. The van der Waals surface area contributed by atoms with E-state index in [0.717, 1.165) is 16.3 Å². The van der Waals surface area contributed by atoms with Gasteiger partial charge >= 0.3 is 22.4 Å². The molecule has 0 N–H and O–H groups in total. The molecule has 0 aliphatic heterocycles. The number of hydrogen-bond acceptors (Lipinski definition) is 2. The average Bonchev–Trinajstić information content (AvgIpc) is 2.81. The average molecular weight is 668 g/mol. The van der Waals surface area contributed by atoms with Crippen molar-refractivity contribution in [3.05, 3.63) is 41.4 Å². The molecule has 0 unspecified atom stereocenters. The van der Waals surface area contributed by atoms with Crippen LogP contribution in [0.2, 0.25) is 5.02 Å². The van der Waals surface area contributed by atoms with Gasteiger partial charge in [-0.25, -0.2) is 0 Å². The van der Waals surface area contributed by atoms with Gasteiger partial charge in [-0.05, 0) is 60.8 Å². The summed E-state index contributed by atoms with van der Waals surface area (Å²) in [7, 11) is 8.35. The van der Waals surface area contributed by atoms with E-state index in [1.54, 1.807) is 0 Å². The summed E-state index contributed by atoms with van der Waals surface area (Å²) in [5.41, 5.74) is 6.94. The van der Waals surface area contributed by atoms with E-state index in [1.807, 2.05) is 0 Å². The van der Waals surface area contributed by atoms with Crippen LogP contribution < -0.4 is 15.1 Å². The van der Waals surface area contributed by atoms with Crippen LogP contribution in [0.3, 0.4) is 0 Å². The smallest absolute Gasteiger partial charge is 0.377 e. The van der Waals surface area contributed by atoms with Crippen molar-refractivity contribution < 1.29 is 22.4 Å². The summed E-state index contributed by atoms with van der Waals surface area (Å²) in [6.45, 7) is 0. The van der Waals surface area contributed by atoms with Crippen LogP contribution in [0.15, 0.2) is 36.4 Å². The predicted octanol–water partition coefficient (Wildman–Crippen LogP) is 7.91. The Kier molecular flexibility index (Phi) is 10.2. The summed E-state index contributed by atoms with van der Waals surface area (Å²) in [5, 5.41) is 2.50. The molecule has 2 aromatic carbocycles. The summed E-state index contributed by atoms with van der Waals surface area (Å²) < 4.78 is 0. The van der Waals surface area contributed by atoms with Crippen LogP contribution in [0.1, 0.15) is 64.2 Å². The van der Waals surface area contributed by atoms with Crippen molar-refractivity contribution in [2.24, 2.45) is 0 Å². The summed E-state index contributed by atoms with van der Waals surface area (Å²) in [6, 6.07) is 13.4. The summed E-state index contributed by atoms with van der Waals surface area (Å²) >= 11 is 7.17. The second-order valence-electron chi connectivity index (χ2n) is 10.1. The fourth-order valence-corrected chi connectivity index (χ4v) is 10.3. The maximum Gasteiger partial charge on any atom is 1.00 e. The Morgan fingerprint density at radius 3 is 1.61 bits per heavy atom. The quantitative estimate of drug-likeness (QED) is 0.228. The van der Waals surface area contributed by atoms with Crippen LogP contribution >= 0.6 is 19.5 Å². The van der Waals surface area contributed by atoms with Crippen LogP contribution in [-0.4, -0.2) is 39.5 Å². The molecule has 2 nitrogen and oxygen atoms in total. The topological polar surface area (TPSA) is 6.48 Å². The number of nitrogens with zero attached hydrogens (tertiary/aromatic N) is 2. The molecule has 2 fully saturated rings. The van der Waals surface area contributed by atoms with Crippen LogP contribution in [0.4, 0.5) is 11.4 Å². The van der Waals surface area contributed by atoms with Crippen molar-refractivity contribution >= 4 is 36.2 Å². The van der Waals surface area contributed by atoms with E-state index in [9.17, 15) is 0 Å². The second-order valence-corrected chi connectivity index (χ2v) is 13.2. The first-order valence-electron chi connectivity index (χ1n) is 12.5. The molecule has 2 aromatic rings. The van der Waals surface area contributed by atoms with Crippen LogP contribution in [0.5, 0.6) is 0 Å². The molecular weight excluding hydrogens is 628 g/mol. The summed E-state index contributed by atoms with van der Waals surface area (Å²) in [5.74, 6) is 0. The van der Waals surface area contributed by atoms with E-state index < -0.39 is 0 Å². The largest absolute Gasteiger partial charge is 1.00 e. The number of rotatable bonds is 6. The minimum atomic E-state index is -0.290. The van der Waals surface area contributed by atoms with Crippen LogP contribution in [-0.2, 0) is 22.4 Å². The van der Waals surface area contributed by atoms with Gasteiger partial charge in [0.1, 0.15) is 0 Å². The van der Waals surface area contributed by atoms with Crippen LogP contribution in [0.25, 0.3) is 11.1 Å². The van der Waals surface area contributed by atoms with E-state index in [-0.39, 0.29) is 30.3 Å². The Labute approximate surface area is 223 Å². The van der Waals surface area contributed by atoms with Gasteiger partial charge in [-0.2, -0.15) is 0 Å². The minimum absolute atomic E-state index is 0. The Morgan fingerprint density at radius 1 is 0.697 bits per heavy atom. The SMILES string of the molecule is CN(C)c1cccc(N(C)C)c1-c1cccc(Cl)c1P(C1CCCCC1)C1CCCCC1.[Au+]. The van der Waals surface area contributed by atoms with Gasteiger partial charge in [-0.15, -0.1) is 0 Å². The molecule has 0 heterocycles. The van der Waals surface area contributed by atoms with Gasteiger partial charge in [0.15, 0.2) is 0 Å². The molecule has 5 heteroatoms. The maximum atomic E-state index is 7.17. The van der Waals surface area contributed by atoms with E-state index in [0.29, 0.717) is 0 Å². The van der Waals surface area contributed by atoms with Crippen molar-refractivity contribution in [2.75, 3.05) is 38.0 Å². The maximum absolute atomic E-state index is 7.17. The predicted molar refractivity (Wildman–Crippen MR) is 146 cm³/mol. The van der Waals surface area contributed by atoms with Crippen molar-refractivity contribution in [1.82, 2.24) is 0 Å². The molecule has 0 amide bonds. The van der Waals surface area contributed by atoms with Gasteiger partial charge in [0.25, 0.3) is 0 Å². The third kappa shape index (κ3) is 6.02. The first-order chi connectivity index (χ1) is 15.5. The standard InChI is InChI=1S/C28H40ClN2P.Au/c1-30(2)25-19-12-20-26(31(3)4)27(25)23-17-11-18-24(29)28(23)32(21-13-7-5-8-14-21)22-15-9-6-10-16-22;/h11-12,17-22H,5-10,13-16H2,1-4H3;/q;+1. The molecule has 2 saturated carbocycles. The first kappa shape index (κ1) is 27.1. The fraction of sp³-hybridized carbons (Fsp3) is 0.571. The molecule has 184 valence electrons. The molecular formula is C28H40AuClN2P+. The Hall–Kier alpha value is -0.500. The Morgan fingerprint density at radius 2 is 1.15 bits per heavy atom. The van der Waals surface area contributed by atoms with Crippen molar-refractivity contribution in [3.63, 3.8) is 0 Å². The molecule has 0 bridgehead atoms. The molecule has 0 saturated heterocycles. The number of halogens is 1. The molecule has 2 aliphatic carbocycles.